The highest BCUT2D eigenvalue weighted by atomic mass is 16.5. The van der Waals surface area contributed by atoms with Gasteiger partial charge >= 0.3 is 11.9 Å². The van der Waals surface area contributed by atoms with Crippen molar-refractivity contribution in [2.24, 2.45) is 0 Å². The van der Waals surface area contributed by atoms with Crippen LogP contribution in [0.25, 0.3) is 0 Å². The van der Waals surface area contributed by atoms with Gasteiger partial charge in [-0.15, -0.1) is 0 Å². The molecular formula is C29H30N2O5. The Bertz CT molecular complexity index is 1180. The topological polar surface area (TPSA) is 95.9 Å². The van der Waals surface area contributed by atoms with Crippen LogP contribution in [0.1, 0.15) is 29.5 Å². The number of nitrogens with one attached hydrogen (secondary N) is 1. The van der Waals surface area contributed by atoms with Crippen LogP contribution < -0.4 is 10.2 Å². The van der Waals surface area contributed by atoms with Crippen LogP contribution in [0, 0.1) is 0 Å². The summed E-state index contributed by atoms with van der Waals surface area (Å²) in [7, 11) is 0. The summed E-state index contributed by atoms with van der Waals surface area (Å²) in [6.07, 6.45) is 1.93. The first-order chi connectivity index (χ1) is 17.5. The number of carboxylic acids is 1. The van der Waals surface area contributed by atoms with Gasteiger partial charge in [-0.1, -0.05) is 78.9 Å². The molecule has 2 N–H and O–H groups in total. The summed E-state index contributed by atoms with van der Waals surface area (Å²) in [6, 6.07) is 24.8. The second kappa shape index (κ2) is 12.1. The van der Waals surface area contributed by atoms with E-state index >= 15 is 0 Å². The molecule has 1 aliphatic rings. The molecule has 0 bridgehead atoms. The van der Waals surface area contributed by atoms with E-state index in [-0.39, 0.29) is 19.1 Å². The molecule has 2 atom stereocenters. The molecule has 0 aromatic heterocycles. The number of aliphatic carboxylic acids is 1. The molecule has 7 heteroatoms. The van der Waals surface area contributed by atoms with Crippen LogP contribution in [0.4, 0.5) is 5.69 Å². The quantitative estimate of drug-likeness (QED) is 0.424. The minimum absolute atomic E-state index is 0.117. The molecular weight excluding hydrogens is 456 g/mol. The average Bonchev–Trinajstić information content (AvgIpc) is 3.03. The molecule has 0 unspecified atom stereocenters. The number of amides is 1. The van der Waals surface area contributed by atoms with Gasteiger partial charge in [0.05, 0.1) is 6.04 Å². The highest BCUT2D eigenvalue weighted by Crippen LogP contribution is 2.27. The molecule has 0 spiro atoms. The number of hydrogen-bond acceptors (Lipinski definition) is 5. The Morgan fingerprint density at radius 3 is 2.28 bits per heavy atom. The highest BCUT2D eigenvalue weighted by Gasteiger charge is 2.34. The number of esters is 1. The van der Waals surface area contributed by atoms with Crippen molar-refractivity contribution < 1.29 is 24.2 Å². The van der Waals surface area contributed by atoms with Crippen molar-refractivity contribution in [3.8, 4) is 0 Å². The lowest BCUT2D eigenvalue weighted by atomic mass is 10.0. The van der Waals surface area contributed by atoms with Gasteiger partial charge in [-0.25, -0.2) is 0 Å². The van der Waals surface area contributed by atoms with Gasteiger partial charge in [0, 0.05) is 5.69 Å². The summed E-state index contributed by atoms with van der Waals surface area (Å²) < 4.78 is 5.43. The number of ether oxygens (including phenoxy) is 1. The molecule has 36 heavy (non-hydrogen) atoms. The lowest BCUT2D eigenvalue weighted by Gasteiger charge is -2.27. The number of benzene rings is 3. The lowest BCUT2D eigenvalue weighted by molar-refractivity contribution is -0.144. The molecule has 0 saturated carbocycles. The summed E-state index contributed by atoms with van der Waals surface area (Å²) in [6.45, 7) is -0.131. The fraction of sp³-hybridized carbons (Fsp3) is 0.276. The SMILES string of the molecule is O=C(CN1C(=O)[C@@H](N[C@@H](CCc2ccccc2)C(=O)O)CCc2ccccc21)OCc1ccccc1. The molecule has 7 nitrogen and oxygen atoms in total. The molecule has 0 radical (unpaired) electrons. The molecule has 0 aliphatic carbocycles. The minimum atomic E-state index is -1.01. The first kappa shape index (κ1) is 25.1. The Hall–Kier alpha value is -3.97. The number of carbonyl (C=O) groups excluding carboxylic acids is 2. The third-order valence-corrected chi connectivity index (χ3v) is 6.34. The monoisotopic (exact) mass is 486 g/mol. The predicted octanol–water partition coefficient (Wildman–Crippen LogP) is 3.75. The maximum Gasteiger partial charge on any atom is 0.326 e. The van der Waals surface area contributed by atoms with Crippen molar-refractivity contribution in [3.05, 3.63) is 102 Å². The van der Waals surface area contributed by atoms with E-state index in [1.54, 1.807) is 0 Å². The largest absolute Gasteiger partial charge is 0.480 e. The molecule has 0 fully saturated rings. The van der Waals surface area contributed by atoms with E-state index in [0.717, 1.165) is 16.7 Å². The number of nitrogens with zero attached hydrogens (tertiary/aromatic N) is 1. The zero-order valence-corrected chi connectivity index (χ0v) is 20.0. The van der Waals surface area contributed by atoms with Crippen LogP contribution in [0.3, 0.4) is 0 Å². The maximum atomic E-state index is 13.6. The number of aryl methyl sites for hydroxylation is 2. The van der Waals surface area contributed by atoms with E-state index in [1.165, 1.54) is 4.90 Å². The fourth-order valence-corrected chi connectivity index (χ4v) is 4.42. The zero-order chi connectivity index (χ0) is 25.3. The number of fused-ring (bicyclic) bond motifs is 1. The van der Waals surface area contributed by atoms with Gasteiger partial charge in [0.2, 0.25) is 5.91 Å². The average molecular weight is 487 g/mol. The van der Waals surface area contributed by atoms with Crippen molar-refractivity contribution in [2.75, 3.05) is 11.4 Å². The van der Waals surface area contributed by atoms with E-state index in [9.17, 15) is 19.5 Å². The summed E-state index contributed by atoms with van der Waals surface area (Å²) in [5.74, 6) is -1.86. The third kappa shape index (κ3) is 6.58. The number of carbonyl (C=O) groups is 3. The first-order valence-corrected chi connectivity index (χ1v) is 12.1. The molecule has 3 aromatic rings. The Morgan fingerprint density at radius 1 is 0.944 bits per heavy atom. The minimum Gasteiger partial charge on any atom is -0.480 e. The number of hydrogen-bond donors (Lipinski definition) is 2. The zero-order valence-electron chi connectivity index (χ0n) is 20.0. The van der Waals surface area contributed by atoms with Crippen LogP contribution in [0.2, 0.25) is 0 Å². The van der Waals surface area contributed by atoms with Crippen molar-refractivity contribution in [3.63, 3.8) is 0 Å². The Kier molecular flexibility index (Phi) is 8.47. The predicted molar refractivity (Wildman–Crippen MR) is 136 cm³/mol. The lowest BCUT2D eigenvalue weighted by Crippen LogP contribution is -2.52. The van der Waals surface area contributed by atoms with Gasteiger partial charge < -0.3 is 9.84 Å². The van der Waals surface area contributed by atoms with Crippen LogP contribution in [-0.2, 0) is 38.6 Å². The Labute approximate surface area is 210 Å². The van der Waals surface area contributed by atoms with E-state index < -0.39 is 24.0 Å². The van der Waals surface area contributed by atoms with Crippen LogP contribution in [0.5, 0.6) is 0 Å². The Morgan fingerprint density at radius 2 is 1.58 bits per heavy atom. The molecule has 0 saturated heterocycles. The van der Waals surface area contributed by atoms with Gasteiger partial charge in [-0.3, -0.25) is 24.6 Å². The van der Waals surface area contributed by atoms with Crippen LogP contribution in [0.15, 0.2) is 84.9 Å². The summed E-state index contributed by atoms with van der Waals surface area (Å²) in [4.78, 5) is 39.8. The second-order valence-corrected chi connectivity index (χ2v) is 8.87. The van der Waals surface area contributed by atoms with E-state index in [2.05, 4.69) is 5.32 Å². The molecule has 4 rings (SSSR count). The third-order valence-electron chi connectivity index (χ3n) is 6.34. The molecule has 1 heterocycles. The van der Waals surface area contributed by atoms with Crippen molar-refractivity contribution in [1.82, 2.24) is 5.32 Å². The first-order valence-electron chi connectivity index (χ1n) is 12.1. The number of rotatable bonds is 10. The molecule has 3 aromatic carbocycles. The maximum absolute atomic E-state index is 13.6. The van der Waals surface area contributed by atoms with Gasteiger partial charge in [0.1, 0.15) is 19.2 Å². The number of carboxylic acid groups (broad SMARTS) is 1. The van der Waals surface area contributed by atoms with Crippen LogP contribution in [-0.4, -0.2) is 41.6 Å². The molecule has 1 aliphatic heterocycles. The van der Waals surface area contributed by atoms with Crippen molar-refractivity contribution in [2.45, 2.75) is 44.4 Å². The smallest absolute Gasteiger partial charge is 0.326 e. The fourth-order valence-electron chi connectivity index (χ4n) is 4.42. The second-order valence-electron chi connectivity index (χ2n) is 8.87. The highest BCUT2D eigenvalue weighted by molar-refractivity contribution is 6.02. The summed E-state index contributed by atoms with van der Waals surface area (Å²) in [5, 5.41) is 12.9. The Balaban J connectivity index is 1.47. The normalized spacial score (nSPS) is 16.1. The summed E-state index contributed by atoms with van der Waals surface area (Å²) in [5.41, 5.74) is 3.48. The van der Waals surface area contributed by atoms with Crippen LogP contribution >= 0.6 is 0 Å². The van der Waals surface area contributed by atoms with Crippen molar-refractivity contribution >= 4 is 23.5 Å². The summed E-state index contributed by atoms with van der Waals surface area (Å²) >= 11 is 0. The van der Waals surface area contributed by atoms with Crippen molar-refractivity contribution in [1.29, 1.82) is 0 Å². The van der Waals surface area contributed by atoms with E-state index in [0.29, 0.717) is 31.4 Å². The van der Waals surface area contributed by atoms with E-state index in [4.69, 9.17) is 4.74 Å². The van der Waals surface area contributed by atoms with E-state index in [1.807, 2.05) is 84.9 Å². The molecule has 186 valence electrons. The standard InChI is InChI=1S/C29H30N2O5/c32-27(36-20-22-11-5-2-6-12-22)19-31-26-14-8-7-13-23(26)16-18-24(28(31)33)30-25(29(34)35)17-15-21-9-3-1-4-10-21/h1-14,24-25,30H,15-20H2,(H,34,35)/t24-,25-/m0/s1. The van der Waals surface area contributed by atoms with Gasteiger partial charge in [-0.2, -0.15) is 0 Å². The van der Waals surface area contributed by atoms with Gasteiger partial charge in [-0.05, 0) is 48.4 Å². The van der Waals surface area contributed by atoms with Gasteiger partial charge in [0.15, 0.2) is 0 Å². The van der Waals surface area contributed by atoms with Gasteiger partial charge in [0.25, 0.3) is 0 Å². The number of para-hydroxylation sites is 1. The molecule has 1 amide bonds. The number of anilines is 1.